The zero-order valence-corrected chi connectivity index (χ0v) is 13.6. The lowest BCUT2D eigenvalue weighted by Crippen LogP contribution is -2.39. The predicted molar refractivity (Wildman–Crippen MR) is 91.8 cm³/mol. The van der Waals surface area contributed by atoms with Gasteiger partial charge in [0.1, 0.15) is 0 Å². The van der Waals surface area contributed by atoms with Crippen LogP contribution in [0.3, 0.4) is 0 Å². The number of hydrogen-bond acceptors (Lipinski definition) is 2. The molecule has 0 atom stereocenters. The summed E-state index contributed by atoms with van der Waals surface area (Å²) in [6, 6.07) is 13.8. The number of anilines is 1. The summed E-state index contributed by atoms with van der Waals surface area (Å²) < 4.78 is 0. The first kappa shape index (κ1) is 17.1. The van der Waals surface area contributed by atoms with Crippen LogP contribution in [0.4, 0.5) is 10.5 Å². The van der Waals surface area contributed by atoms with Crippen molar-refractivity contribution in [2.75, 3.05) is 11.9 Å². The van der Waals surface area contributed by atoms with Crippen molar-refractivity contribution in [2.45, 2.75) is 6.54 Å². The predicted octanol–water partition coefficient (Wildman–Crippen LogP) is 3.43. The van der Waals surface area contributed by atoms with E-state index in [2.05, 4.69) is 16.0 Å². The van der Waals surface area contributed by atoms with Gasteiger partial charge in [0.15, 0.2) is 0 Å². The molecule has 7 heteroatoms. The summed E-state index contributed by atoms with van der Waals surface area (Å²) in [6.45, 7) is 0.238. The van der Waals surface area contributed by atoms with Crippen molar-refractivity contribution in [3.8, 4) is 0 Å². The summed E-state index contributed by atoms with van der Waals surface area (Å²) in [5, 5.41) is 8.51. The second kappa shape index (κ2) is 8.41. The molecular weight excluding hydrogens is 337 g/mol. The van der Waals surface area contributed by atoms with Crippen LogP contribution in [0, 0.1) is 0 Å². The fourth-order valence-electron chi connectivity index (χ4n) is 1.78. The number of amides is 3. The maximum Gasteiger partial charge on any atom is 0.315 e. The third-order valence-electron chi connectivity index (χ3n) is 2.91. The van der Waals surface area contributed by atoms with E-state index in [9.17, 15) is 9.59 Å². The van der Waals surface area contributed by atoms with Gasteiger partial charge in [-0.1, -0.05) is 53.5 Å². The molecule has 3 N–H and O–H groups in total. The molecule has 0 aliphatic rings. The van der Waals surface area contributed by atoms with Crippen LogP contribution in [0.2, 0.25) is 10.0 Å². The lowest BCUT2D eigenvalue weighted by molar-refractivity contribution is -0.115. The van der Waals surface area contributed by atoms with Crippen molar-refractivity contribution in [3.63, 3.8) is 0 Å². The number of carbonyl (C=O) groups excluding carboxylic acids is 2. The highest BCUT2D eigenvalue weighted by Gasteiger charge is 2.07. The van der Waals surface area contributed by atoms with Gasteiger partial charge in [-0.15, -0.1) is 0 Å². The molecule has 0 fully saturated rings. The minimum atomic E-state index is -0.418. The maximum absolute atomic E-state index is 11.8. The fourth-order valence-corrected chi connectivity index (χ4v) is 2.08. The molecule has 0 saturated heterocycles. The Kier molecular flexibility index (Phi) is 6.26. The van der Waals surface area contributed by atoms with E-state index in [-0.39, 0.29) is 12.5 Å². The first-order chi connectivity index (χ1) is 11.0. The summed E-state index contributed by atoms with van der Waals surface area (Å²) in [4.78, 5) is 23.4. The van der Waals surface area contributed by atoms with Crippen LogP contribution in [0.1, 0.15) is 5.56 Å². The van der Waals surface area contributed by atoms with Gasteiger partial charge >= 0.3 is 6.03 Å². The molecule has 0 aliphatic heterocycles. The quantitative estimate of drug-likeness (QED) is 0.772. The van der Waals surface area contributed by atoms with Gasteiger partial charge in [0, 0.05) is 12.2 Å². The molecule has 0 unspecified atom stereocenters. The Morgan fingerprint density at radius 2 is 1.65 bits per heavy atom. The van der Waals surface area contributed by atoms with E-state index in [4.69, 9.17) is 23.2 Å². The first-order valence-electron chi connectivity index (χ1n) is 6.85. The topological polar surface area (TPSA) is 70.2 Å². The summed E-state index contributed by atoms with van der Waals surface area (Å²) in [7, 11) is 0. The highest BCUT2D eigenvalue weighted by Crippen LogP contribution is 2.24. The lowest BCUT2D eigenvalue weighted by atomic mass is 10.2. The number of hydrogen-bond donors (Lipinski definition) is 3. The first-order valence-corrected chi connectivity index (χ1v) is 7.61. The normalized spacial score (nSPS) is 10.0. The molecule has 0 bridgehead atoms. The van der Waals surface area contributed by atoms with Crippen LogP contribution in [-0.4, -0.2) is 18.5 Å². The van der Waals surface area contributed by atoms with Gasteiger partial charge in [-0.05, 0) is 23.8 Å². The van der Waals surface area contributed by atoms with Gasteiger partial charge < -0.3 is 16.0 Å². The van der Waals surface area contributed by atoms with Gasteiger partial charge in [-0.25, -0.2) is 4.79 Å². The average molecular weight is 352 g/mol. The zero-order chi connectivity index (χ0) is 16.7. The maximum atomic E-state index is 11.8. The zero-order valence-electron chi connectivity index (χ0n) is 12.1. The van der Waals surface area contributed by atoms with E-state index < -0.39 is 6.03 Å². The molecule has 0 saturated carbocycles. The highest BCUT2D eigenvalue weighted by atomic mass is 35.5. The Bertz CT molecular complexity index is 693. The third-order valence-corrected chi connectivity index (χ3v) is 3.65. The van der Waals surface area contributed by atoms with Crippen LogP contribution in [0.5, 0.6) is 0 Å². The largest absolute Gasteiger partial charge is 0.334 e. The number of benzene rings is 2. The monoisotopic (exact) mass is 351 g/mol. The molecule has 0 aliphatic carbocycles. The molecule has 0 spiro atoms. The molecule has 2 aromatic carbocycles. The molecule has 5 nitrogen and oxygen atoms in total. The van der Waals surface area contributed by atoms with E-state index in [0.717, 1.165) is 5.56 Å². The molecular formula is C16H15Cl2N3O2. The highest BCUT2D eigenvalue weighted by molar-refractivity contribution is 6.42. The number of halogens is 2. The minimum Gasteiger partial charge on any atom is -0.334 e. The Morgan fingerprint density at radius 1 is 0.913 bits per heavy atom. The van der Waals surface area contributed by atoms with E-state index in [0.29, 0.717) is 22.3 Å². The van der Waals surface area contributed by atoms with Gasteiger partial charge in [0.05, 0.1) is 16.6 Å². The van der Waals surface area contributed by atoms with Crippen molar-refractivity contribution in [1.82, 2.24) is 10.6 Å². The molecule has 0 radical (unpaired) electrons. The van der Waals surface area contributed by atoms with Gasteiger partial charge in [-0.3, -0.25) is 4.79 Å². The average Bonchev–Trinajstić information content (AvgIpc) is 2.55. The van der Waals surface area contributed by atoms with Crippen LogP contribution in [0.15, 0.2) is 48.5 Å². The van der Waals surface area contributed by atoms with Crippen LogP contribution < -0.4 is 16.0 Å². The summed E-state index contributed by atoms with van der Waals surface area (Å²) in [6.07, 6.45) is 0. The van der Waals surface area contributed by atoms with Crippen LogP contribution in [0.25, 0.3) is 0 Å². The molecule has 2 rings (SSSR count). The molecule has 0 aromatic heterocycles. The second-order valence-corrected chi connectivity index (χ2v) is 5.51. The van der Waals surface area contributed by atoms with Crippen molar-refractivity contribution in [1.29, 1.82) is 0 Å². The smallest absolute Gasteiger partial charge is 0.315 e. The Morgan fingerprint density at radius 3 is 2.35 bits per heavy atom. The van der Waals surface area contributed by atoms with Gasteiger partial charge in [-0.2, -0.15) is 0 Å². The minimum absolute atomic E-state index is 0.152. The molecule has 23 heavy (non-hydrogen) atoms. The van der Waals surface area contributed by atoms with Crippen LogP contribution in [-0.2, 0) is 11.3 Å². The summed E-state index contributed by atoms with van der Waals surface area (Å²) in [5.41, 5.74) is 1.49. The van der Waals surface area contributed by atoms with Crippen molar-refractivity contribution >= 4 is 40.8 Å². The van der Waals surface area contributed by atoms with Crippen LogP contribution >= 0.6 is 23.2 Å². The number of urea groups is 1. The lowest BCUT2D eigenvalue weighted by Gasteiger charge is -2.09. The SMILES string of the molecule is O=C(CNC(=O)NCc1ccccc1)Nc1ccc(Cl)c(Cl)c1. The number of carbonyl (C=O) groups is 2. The Labute approximate surface area is 144 Å². The van der Waals surface area contributed by atoms with E-state index in [1.54, 1.807) is 12.1 Å². The van der Waals surface area contributed by atoms with Crippen molar-refractivity contribution in [2.24, 2.45) is 0 Å². The Hall–Kier alpha value is -2.24. The molecule has 120 valence electrons. The Balaban J connectivity index is 1.73. The van der Waals surface area contributed by atoms with Gasteiger partial charge in [0.2, 0.25) is 5.91 Å². The molecule has 2 aromatic rings. The van der Waals surface area contributed by atoms with Gasteiger partial charge in [0.25, 0.3) is 0 Å². The fraction of sp³-hybridized carbons (Fsp3) is 0.125. The van der Waals surface area contributed by atoms with E-state index >= 15 is 0 Å². The molecule has 0 heterocycles. The summed E-state index contributed by atoms with van der Waals surface area (Å²) in [5.74, 6) is -0.363. The summed E-state index contributed by atoms with van der Waals surface area (Å²) >= 11 is 11.7. The number of nitrogens with one attached hydrogen (secondary N) is 3. The third kappa shape index (κ3) is 5.81. The van der Waals surface area contributed by atoms with E-state index in [1.165, 1.54) is 6.07 Å². The standard InChI is InChI=1S/C16H15Cl2N3O2/c17-13-7-6-12(8-14(13)18)21-15(22)10-20-16(23)19-9-11-4-2-1-3-5-11/h1-8H,9-10H2,(H,21,22)(H2,19,20,23). The second-order valence-electron chi connectivity index (χ2n) is 4.70. The van der Waals surface area contributed by atoms with E-state index in [1.807, 2.05) is 30.3 Å². The number of rotatable bonds is 5. The van der Waals surface area contributed by atoms with Crippen molar-refractivity contribution in [3.05, 3.63) is 64.1 Å². The molecule has 3 amide bonds. The van der Waals surface area contributed by atoms with Crippen molar-refractivity contribution < 1.29 is 9.59 Å².